The van der Waals surface area contributed by atoms with E-state index in [1.54, 1.807) is 0 Å². The molecule has 0 fully saturated rings. The fraction of sp³-hybridized carbons (Fsp3) is 0.938. The van der Waals surface area contributed by atoms with Crippen LogP contribution in [0.15, 0.2) is 0 Å². The highest BCUT2D eigenvalue weighted by molar-refractivity contribution is 5.75. The van der Waals surface area contributed by atoms with Crippen molar-refractivity contribution in [2.45, 2.75) is 97.1 Å². The average Bonchev–Trinajstić information content (AvgIpc) is 2.39. The number of nitrogens with two attached hydrogens (primary N) is 1. The summed E-state index contributed by atoms with van der Waals surface area (Å²) >= 11 is 0. The zero-order valence-corrected chi connectivity index (χ0v) is 13.1. The quantitative estimate of drug-likeness (QED) is 0.428. The summed E-state index contributed by atoms with van der Waals surface area (Å²) < 4.78 is 5.39. The van der Waals surface area contributed by atoms with Gasteiger partial charge in [-0.1, -0.05) is 58.8 Å². The lowest BCUT2D eigenvalue weighted by atomic mass is 10.1. The molecule has 0 unspecified atom stereocenters. The van der Waals surface area contributed by atoms with Crippen LogP contribution in [0.3, 0.4) is 0 Å². The normalized spacial score (nSPS) is 14.1. The molecular formula is C16H33NO2. The van der Waals surface area contributed by atoms with Crippen LogP contribution in [0.4, 0.5) is 0 Å². The first-order valence-corrected chi connectivity index (χ1v) is 8.07. The Hall–Kier alpha value is -0.570. The number of esters is 1. The average molecular weight is 271 g/mol. The van der Waals surface area contributed by atoms with Gasteiger partial charge in [-0.15, -0.1) is 0 Å². The van der Waals surface area contributed by atoms with E-state index in [4.69, 9.17) is 10.5 Å². The summed E-state index contributed by atoms with van der Waals surface area (Å²) in [6.45, 7) is 6.34. The molecule has 0 aromatic heterocycles. The lowest BCUT2D eigenvalue weighted by Gasteiger charge is -2.16. The Morgan fingerprint density at radius 3 is 2.00 bits per heavy atom. The molecular weight excluding hydrogens is 238 g/mol. The third-order valence-corrected chi connectivity index (χ3v) is 3.45. The minimum Gasteiger partial charge on any atom is -0.462 e. The third kappa shape index (κ3) is 11.0. The van der Waals surface area contributed by atoms with Gasteiger partial charge in [0.1, 0.15) is 6.04 Å². The highest BCUT2D eigenvalue weighted by Gasteiger charge is 2.17. The molecule has 19 heavy (non-hydrogen) atoms. The minimum absolute atomic E-state index is 0.00560. The molecule has 0 radical (unpaired) electrons. The van der Waals surface area contributed by atoms with Crippen molar-refractivity contribution in [1.82, 2.24) is 0 Å². The second-order valence-corrected chi connectivity index (χ2v) is 5.55. The van der Waals surface area contributed by atoms with Crippen LogP contribution >= 0.6 is 0 Å². The largest absolute Gasteiger partial charge is 0.462 e. The summed E-state index contributed by atoms with van der Waals surface area (Å²) in [6, 6.07) is -0.435. The van der Waals surface area contributed by atoms with Crippen LogP contribution in [-0.4, -0.2) is 18.1 Å². The third-order valence-electron chi connectivity index (χ3n) is 3.45. The van der Waals surface area contributed by atoms with Crippen molar-refractivity contribution in [2.24, 2.45) is 5.73 Å². The van der Waals surface area contributed by atoms with Gasteiger partial charge in [-0.25, -0.2) is 0 Å². The first-order valence-electron chi connectivity index (χ1n) is 8.07. The van der Waals surface area contributed by atoms with E-state index in [0.717, 1.165) is 32.1 Å². The van der Waals surface area contributed by atoms with E-state index in [-0.39, 0.29) is 12.1 Å². The van der Waals surface area contributed by atoms with Gasteiger partial charge in [0, 0.05) is 0 Å². The van der Waals surface area contributed by atoms with Crippen LogP contribution in [0.25, 0.3) is 0 Å². The van der Waals surface area contributed by atoms with Crippen molar-refractivity contribution in [2.75, 3.05) is 0 Å². The van der Waals surface area contributed by atoms with Crippen molar-refractivity contribution in [3.8, 4) is 0 Å². The SMILES string of the molecule is CCCCCC[C@@H](C)OC(=O)[C@H](N)CCCCCC. The smallest absolute Gasteiger partial charge is 0.323 e. The Kier molecular flexibility index (Phi) is 12.1. The Labute approximate surface area is 119 Å². The first-order chi connectivity index (χ1) is 9.11. The Morgan fingerprint density at radius 1 is 0.947 bits per heavy atom. The van der Waals surface area contributed by atoms with E-state index < -0.39 is 6.04 Å². The molecule has 0 rings (SSSR count). The molecule has 0 saturated carbocycles. The fourth-order valence-corrected chi connectivity index (χ4v) is 2.11. The van der Waals surface area contributed by atoms with Gasteiger partial charge in [-0.2, -0.15) is 0 Å². The molecule has 0 aromatic carbocycles. The molecule has 0 heterocycles. The minimum atomic E-state index is -0.435. The van der Waals surface area contributed by atoms with E-state index in [9.17, 15) is 4.79 Å². The van der Waals surface area contributed by atoms with Crippen LogP contribution < -0.4 is 5.73 Å². The lowest BCUT2D eigenvalue weighted by molar-refractivity contribution is -0.150. The van der Waals surface area contributed by atoms with Crippen LogP contribution in [0, 0.1) is 0 Å². The maximum absolute atomic E-state index is 11.8. The second-order valence-electron chi connectivity index (χ2n) is 5.55. The van der Waals surface area contributed by atoms with Crippen molar-refractivity contribution in [1.29, 1.82) is 0 Å². The molecule has 3 nitrogen and oxygen atoms in total. The number of unbranched alkanes of at least 4 members (excludes halogenated alkanes) is 6. The van der Waals surface area contributed by atoms with E-state index in [1.165, 1.54) is 32.1 Å². The van der Waals surface area contributed by atoms with E-state index >= 15 is 0 Å². The summed E-state index contributed by atoms with van der Waals surface area (Å²) in [5.41, 5.74) is 5.85. The lowest BCUT2D eigenvalue weighted by Crippen LogP contribution is -2.34. The summed E-state index contributed by atoms with van der Waals surface area (Å²) in [5.74, 6) is -0.223. The number of carbonyl (C=O) groups excluding carboxylic acids is 1. The zero-order valence-electron chi connectivity index (χ0n) is 13.1. The van der Waals surface area contributed by atoms with Crippen LogP contribution in [0.1, 0.15) is 85.0 Å². The van der Waals surface area contributed by atoms with Gasteiger partial charge in [-0.3, -0.25) is 4.79 Å². The van der Waals surface area contributed by atoms with Crippen LogP contribution in [-0.2, 0) is 9.53 Å². The molecule has 0 amide bonds. The highest BCUT2D eigenvalue weighted by Crippen LogP contribution is 2.10. The molecule has 114 valence electrons. The standard InChI is InChI=1S/C16H33NO2/c1-4-6-8-10-12-14(3)19-16(18)15(17)13-11-9-7-5-2/h14-15H,4-13,17H2,1-3H3/t14-,15-/m1/s1. The molecule has 2 atom stereocenters. The van der Waals surface area contributed by atoms with Crippen LogP contribution in [0.5, 0.6) is 0 Å². The van der Waals surface area contributed by atoms with Crippen molar-refractivity contribution < 1.29 is 9.53 Å². The number of ether oxygens (including phenoxy) is 1. The number of carbonyl (C=O) groups is 1. The monoisotopic (exact) mass is 271 g/mol. The summed E-state index contributed by atoms with van der Waals surface area (Å²) in [4.78, 5) is 11.8. The molecule has 0 spiro atoms. The molecule has 3 heteroatoms. The maximum Gasteiger partial charge on any atom is 0.323 e. The summed E-state index contributed by atoms with van der Waals surface area (Å²) in [5, 5.41) is 0. The Morgan fingerprint density at radius 2 is 1.47 bits per heavy atom. The van der Waals surface area contributed by atoms with Gasteiger partial charge in [0.2, 0.25) is 0 Å². The van der Waals surface area contributed by atoms with Gasteiger partial charge in [-0.05, 0) is 26.2 Å². The first kappa shape index (κ1) is 18.4. The maximum atomic E-state index is 11.8. The predicted molar refractivity (Wildman–Crippen MR) is 81.0 cm³/mol. The van der Waals surface area contributed by atoms with E-state index in [0.29, 0.717) is 0 Å². The molecule has 0 aliphatic heterocycles. The topological polar surface area (TPSA) is 52.3 Å². The van der Waals surface area contributed by atoms with Gasteiger partial charge in [0.25, 0.3) is 0 Å². The number of hydrogen-bond acceptors (Lipinski definition) is 3. The second kappa shape index (κ2) is 12.5. The fourth-order valence-electron chi connectivity index (χ4n) is 2.11. The molecule has 0 aromatic rings. The molecule has 0 bridgehead atoms. The number of rotatable bonds is 12. The number of hydrogen-bond donors (Lipinski definition) is 1. The highest BCUT2D eigenvalue weighted by atomic mass is 16.5. The van der Waals surface area contributed by atoms with E-state index in [1.807, 2.05) is 6.92 Å². The Bertz CT molecular complexity index is 219. The molecule has 0 aliphatic carbocycles. The van der Waals surface area contributed by atoms with Gasteiger partial charge in [0.05, 0.1) is 6.10 Å². The summed E-state index contributed by atoms with van der Waals surface area (Å²) in [6.07, 6.45) is 11.2. The zero-order chi connectivity index (χ0) is 14.5. The molecule has 0 saturated heterocycles. The molecule has 0 aliphatic rings. The van der Waals surface area contributed by atoms with Gasteiger partial charge < -0.3 is 10.5 Å². The van der Waals surface area contributed by atoms with Crippen molar-refractivity contribution in [3.63, 3.8) is 0 Å². The van der Waals surface area contributed by atoms with Crippen LogP contribution in [0.2, 0.25) is 0 Å². The molecule has 2 N–H and O–H groups in total. The van der Waals surface area contributed by atoms with Gasteiger partial charge in [0.15, 0.2) is 0 Å². The Balaban J connectivity index is 3.63. The summed E-state index contributed by atoms with van der Waals surface area (Å²) in [7, 11) is 0. The van der Waals surface area contributed by atoms with E-state index in [2.05, 4.69) is 13.8 Å². The van der Waals surface area contributed by atoms with Crippen molar-refractivity contribution in [3.05, 3.63) is 0 Å². The van der Waals surface area contributed by atoms with Crippen molar-refractivity contribution >= 4 is 5.97 Å². The van der Waals surface area contributed by atoms with Gasteiger partial charge >= 0.3 is 5.97 Å². The predicted octanol–water partition coefficient (Wildman–Crippen LogP) is 4.19.